The molecule has 1 unspecified atom stereocenters. The standard InChI is InChI=1S/C20H32N4O2.HI/c1-3-21-20(22-14-9-5-8-12-19(25)26-2)23-17-13-15-24(16-17)18-10-6-4-7-11-18;/h4,6-7,10-11,17H,3,5,8-9,12-16H2,1-2H3,(H2,21,22,23);1H. The predicted octanol–water partition coefficient (Wildman–Crippen LogP) is 3.17. The summed E-state index contributed by atoms with van der Waals surface area (Å²) in [5.74, 6) is 0.757. The summed E-state index contributed by atoms with van der Waals surface area (Å²) in [7, 11) is 1.43. The van der Waals surface area contributed by atoms with Gasteiger partial charge < -0.3 is 20.3 Å². The molecule has 27 heavy (non-hydrogen) atoms. The van der Waals surface area contributed by atoms with E-state index in [0.29, 0.717) is 12.5 Å². The molecule has 0 spiro atoms. The normalized spacial score (nSPS) is 16.6. The van der Waals surface area contributed by atoms with E-state index in [0.717, 1.165) is 57.8 Å². The van der Waals surface area contributed by atoms with Gasteiger partial charge in [-0.05, 0) is 38.3 Å². The molecule has 1 atom stereocenters. The second kappa shape index (κ2) is 13.6. The molecule has 0 aliphatic carbocycles. The zero-order valence-corrected chi connectivity index (χ0v) is 18.8. The van der Waals surface area contributed by atoms with Gasteiger partial charge in [-0.25, -0.2) is 0 Å². The molecule has 1 aromatic carbocycles. The number of hydrogen-bond donors (Lipinski definition) is 2. The molecule has 1 heterocycles. The van der Waals surface area contributed by atoms with Gasteiger partial charge in [-0.15, -0.1) is 24.0 Å². The number of carbonyl (C=O) groups excluding carboxylic acids is 1. The van der Waals surface area contributed by atoms with Gasteiger partial charge in [-0.2, -0.15) is 0 Å². The largest absolute Gasteiger partial charge is 0.469 e. The Morgan fingerprint density at radius 1 is 1.26 bits per heavy atom. The molecule has 0 amide bonds. The van der Waals surface area contributed by atoms with Crippen LogP contribution in [0.25, 0.3) is 0 Å². The fourth-order valence-electron chi connectivity index (χ4n) is 3.12. The Morgan fingerprint density at radius 3 is 2.74 bits per heavy atom. The number of carbonyl (C=O) groups is 1. The lowest BCUT2D eigenvalue weighted by Gasteiger charge is -2.20. The third kappa shape index (κ3) is 8.81. The van der Waals surface area contributed by atoms with Crippen molar-refractivity contribution in [3.63, 3.8) is 0 Å². The van der Waals surface area contributed by atoms with Crippen molar-refractivity contribution in [1.29, 1.82) is 0 Å². The number of rotatable bonds is 9. The molecule has 1 fully saturated rings. The number of nitrogens with one attached hydrogen (secondary N) is 2. The smallest absolute Gasteiger partial charge is 0.305 e. The Bertz CT molecular complexity index is 568. The summed E-state index contributed by atoms with van der Waals surface area (Å²) in [5, 5.41) is 6.89. The number of esters is 1. The van der Waals surface area contributed by atoms with Gasteiger partial charge in [-0.1, -0.05) is 24.6 Å². The average molecular weight is 488 g/mol. The van der Waals surface area contributed by atoms with Crippen LogP contribution in [0, 0.1) is 0 Å². The van der Waals surface area contributed by atoms with Crippen molar-refractivity contribution >= 4 is 41.6 Å². The lowest BCUT2D eigenvalue weighted by atomic mass is 10.2. The van der Waals surface area contributed by atoms with Crippen LogP contribution in [0.3, 0.4) is 0 Å². The van der Waals surface area contributed by atoms with Crippen molar-refractivity contribution in [3.05, 3.63) is 30.3 Å². The Balaban J connectivity index is 0.00000364. The number of hydrogen-bond acceptors (Lipinski definition) is 4. The van der Waals surface area contributed by atoms with E-state index in [1.807, 2.05) is 0 Å². The van der Waals surface area contributed by atoms with Gasteiger partial charge in [0.1, 0.15) is 0 Å². The van der Waals surface area contributed by atoms with Crippen LogP contribution in [0.15, 0.2) is 35.3 Å². The Labute approximate surface area is 180 Å². The van der Waals surface area contributed by atoms with E-state index in [1.165, 1.54) is 12.8 Å². The van der Waals surface area contributed by atoms with Crippen LogP contribution in [0.5, 0.6) is 0 Å². The van der Waals surface area contributed by atoms with Crippen molar-refractivity contribution in [2.75, 3.05) is 38.2 Å². The van der Waals surface area contributed by atoms with Crippen LogP contribution in [0.1, 0.15) is 39.0 Å². The number of para-hydroxylation sites is 1. The molecule has 1 aliphatic rings. The molecule has 7 heteroatoms. The number of guanidine groups is 1. The van der Waals surface area contributed by atoms with E-state index in [-0.39, 0.29) is 29.9 Å². The van der Waals surface area contributed by atoms with Crippen molar-refractivity contribution in [1.82, 2.24) is 10.6 Å². The summed E-state index contributed by atoms with van der Waals surface area (Å²) in [6.07, 6.45) is 4.44. The lowest BCUT2D eigenvalue weighted by molar-refractivity contribution is -0.140. The summed E-state index contributed by atoms with van der Waals surface area (Å²) in [5.41, 5.74) is 1.28. The second-order valence-electron chi connectivity index (χ2n) is 6.56. The number of unbranched alkanes of at least 4 members (excludes halogenated alkanes) is 2. The highest BCUT2D eigenvalue weighted by atomic mass is 127. The average Bonchev–Trinajstić information content (AvgIpc) is 3.13. The maximum atomic E-state index is 11.1. The van der Waals surface area contributed by atoms with Crippen LogP contribution in [-0.2, 0) is 9.53 Å². The van der Waals surface area contributed by atoms with Crippen molar-refractivity contribution < 1.29 is 9.53 Å². The Hall–Kier alpha value is -1.51. The fraction of sp³-hybridized carbons (Fsp3) is 0.600. The number of ether oxygens (including phenoxy) is 1. The predicted molar refractivity (Wildman–Crippen MR) is 122 cm³/mol. The van der Waals surface area contributed by atoms with E-state index in [1.54, 1.807) is 0 Å². The minimum atomic E-state index is -0.132. The Kier molecular flexibility index (Phi) is 11.9. The number of benzene rings is 1. The highest BCUT2D eigenvalue weighted by molar-refractivity contribution is 14.0. The van der Waals surface area contributed by atoms with Gasteiger partial charge in [0.25, 0.3) is 0 Å². The lowest BCUT2D eigenvalue weighted by Crippen LogP contribution is -2.44. The molecule has 0 saturated carbocycles. The molecule has 2 rings (SSSR count). The minimum Gasteiger partial charge on any atom is -0.469 e. The van der Waals surface area contributed by atoms with Crippen LogP contribution >= 0.6 is 24.0 Å². The van der Waals surface area contributed by atoms with Gasteiger partial charge in [-0.3, -0.25) is 9.79 Å². The first kappa shape index (κ1) is 23.5. The van der Waals surface area contributed by atoms with Crippen molar-refractivity contribution in [2.24, 2.45) is 4.99 Å². The van der Waals surface area contributed by atoms with E-state index in [9.17, 15) is 4.79 Å². The molecule has 1 saturated heterocycles. The van der Waals surface area contributed by atoms with Gasteiger partial charge in [0.2, 0.25) is 0 Å². The molecule has 6 nitrogen and oxygen atoms in total. The van der Waals surface area contributed by atoms with Gasteiger partial charge >= 0.3 is 5.97 Å². The summed E-state index contributed by atoms with van der Waals surface area (Å²) in [6, 6.07) is 11.0. The van der Waals surface area contributed by atoms with Crippen molar-refractivity contribution in [3.8, 4) is 0 Å². The van der Waals surface area contributed by atoms with Crippen LogP contribution in [-0.4, -0.2) is 51.3 Å². The van der Waals surface area contributed by atoms with E-state index < -0.39 is 0 Å². The Morgan fingerprint density at radius 2 is 2.04 bits per heavy atom. The van der Waals surface area contributed by atoms with Crippen molar-refractivity contribution in [2.45, 2.75) is 45.1 Å². The minimum absolute atomic E-state index is 0. The number of aliphatic imine (C=N–C) groups is 1. The molecule has 2 N–H and O–H groups in total. The zero-order chi connectivity index (χ0) is 18.6. The van der Waals surface area contributed by atoms with Gasteiger partial charge in [0, 0.05) is 44.3 Å². The molecular weight excluding hydrogens is 455 g/mol. The summed E-state index contributed by atoms with van der Waals surface area (Å²) >= 11 is 0. The van der Waals surface area contributed by atoms with Crippen LogP contribution in [0.2, 0.25) is 0 Å². The summed E-state index contributed by atoms with van der Waals surface area (Å²) in [4.78, 5) is 18.2. The maximum absolute atomic E-state index is 11.1. The highest BCUT2D eigenvalue weighted by Gasteiger charge is 2.23. The first-order chi connectivity index (χ1) is 12.7. The zero-order valence-electron chi connectivity index (χ0n) is 16.4. The summed E-state index contributed by atoms with van der Waals surface area (Å²) in [6.45, 7) is 5.76. The third-order valence-electron chi connectivity index (χ3n) is 4.53. The molecular formula is C20H33IN4O2. The van der Waals surface area contributed by atoms with E-state index in [2.05, 4.69) is 62.5 Å². The molecule has 0 radical (unpaired) electrons. The molecule has 1 aromatic rings. The summed E-state index contributed by atoms with van der Waals surface area (Å²) < 4.78 is 4.65. The third-order valence-corrected chi connectivity index (χ3v) is 4.53. The molecule has 0 bridgehead atoms. The van der Waals surface area contributed by atoms with Crippen LogP contribution in [0.4, 0.5) is 5.69 Å². The van der Waals surface area contributed by atoms with E-state index in [4.69, 9.17) is 0 Å². The SMILES string of the molecule is CCNC(=NCCCCCC(=O)OC)NC1CCN(c2ccccc2)C1.I. The number of anilines is 1. The molecule has 1 aliphatic heterocycles. The monoisotopic (exact) mass is 488 g/mol. The van der Waals surface area contributed by atoms with Gasteiger partial charge in [0.15, 0.2) is 5.96 Å². The first-order valence-electron chi connectivity index (χ1n) is 9.64. The van der Waals surface area contributed by atoms with E-state index >= 15 is 0 Å². The maximum Gasteiger partial charge on any atom is 0.305 e. The fourth-order valence-corrected chi connectivity index (χ4v) is 3.12. The quantitative estimate of drug-likeness (QED) is 0.184. The number of methoxy groups -OCH3 is 1. The second-order valence-corrected chi connectivity index (χ2v) is 6.56. The number of nitrogens with zero attached hydrogens (tertiary/aromatic N) is 2. The first-order valence-corrected chi connectivity index (χ1v) is 9.64. The molecule has 152 valence electrons. The van der Waals surface area contributed by atoms with Gasteiger partial charge in [0.05, 0.1) is 7.11 Å². The highest BCUT2D eigenvalue weighted by Crippen LogP contribution is 2.19. The molecule has 0 aromatic heterocycles. The van der Waals surface area contributed by atoms with Crippen LogP contribution < -0.4 is 15.5 Å². The topological polar surface area (TPSA) is 66.0 Å². The number of halogens is 1.